The largest absolute Gasteiger partial charge is 0.462 e. The molecule has 0 aliphatic carbocycles. The maximum absolute atomic E-state index is 13.5. The minimum absolute atomic E-state index is 0.270. The van der Waals surface area contributed by atoms with Crippen LogP contribution in [0.5, 0.6) is 0 Å². The minimum Gasteiger partial charge on any atom is -0.462 e. The van der Waals surface area contributed by atoms with E-state index in [1.165, 1.54) is 29.2 Å². The molecule has 0 bridgehead atoms. The number of nitrogens with zero attached hydrogens (tertiary/aromatic N) is 2. The summed E-state index contributed by atoms with van der Waals surface area (Å²) in [6.45, 7) is 1.99. The maximum Gasteiger partial charge on any atom is 0.341 e. The van der Waals surface area contributed by atoms with Crippen LogP contribution in [-0.4, -0.2) is 22.4 Å². The van der Waals surface area contributed by atoms with Gasteiger partial charge in [-0.2, -0.15) is 5.10 Å². The van der Waals surface area contributed by atoms with Gasteiger partial charge in [-0.05, 0) is 28.9 Å². The summed E-state index contributed by atoms with van der Waals surface area (Å²) in [6.07, 6.45) is 2.79. The summed E-state index contributed by atoms with van der Waals surface area (Å²) in [5.74, 6) is -0.942. The predicted octanol–water partition coefficient (Wildman–Crippen LogP) is 2.53. The van der Waals surface area contributed by atoms with Crippen LogP contribution in [0, 0.1) is 5.82 Å². The summed E-state index contributed by atoms with van der Waals surface area (Å²) in [5, 5.41) is 3.98. The van der Waals surface area contributed by atoms with E-state index in [9.17, 15) is 9.18 Å². The van der Waals surface area contributed by atoms with Crippen molar-refractivity contribution in [1.29, 1.82) is 0 Å². The fourth-order valence-electron chi connectivity index (χ4n) is 1.52. The van der Waals surface area contributed by atoms with Crippen molar-refractivity contribution in [2.45, 2.75) is 6.92 Å². The highest BCUT2D eigenvalue weighted by Crippen LogP contribution is 2.25. The lowest BCUT2D eigenvalue weighted by molar-refractivity contribution is 0.0526. The summed E-state index contributed by atoms with van der Waals surface area (Å²) in [4.78, 5) is 11.5. The zero-order valence-electron chi connectivity index (χ0n) is 10.1. The van der Waals surface area contributed by atoms with Gasteiger partial charge in [0.2, 0.25) is 0 Å². The van der Waals surface area contributed by atoms with E-state index in [2.05, 4.69) is 21.0 Å². The summed E-state index contributed by atoms with van der Waals surface area (Å²) in [5.41, 5.74) is 6.77. The molecule has 1 aromatic carbocycles. The van der Waals surface area contributed by atoms with E-state index in [1.807, 2.05) is 0 Å². The van der Waals surface area contributed by atoms with Gasteiger partial charge in [0, 0.05) is 12.3 Å². The number of carbonyl (C=O) groups excluding carboxylic acids is 1. The van der Waals surface area contributed by atoms with Crippen LogP contribution < -0.4 is 5.73 Å². The third-order valence-corrected chi connectivity index (χ3v) is 3.02. The molecule has 0 saturated heterocycles. The van der Waals surface area contributed by atoms with Crippen LogP contribution in [0.15, 0.2) is 29.0 Å². The molecule has 19 heavy (non-hydrogen) atoms. The number of anilines is 1. The average Bonchev–Trinajstić information content (AvgIpc) is 2.83. The number of nitrogens with two attached hydrogens (primary N) is 1. The second kappa shape index (κ2) is 5.40. The molecule has 0 saturated carbocycles. The van der Waals surface area contributed by atoms with Crippen molar-refractivity contribution >= 4 is 27.6 Å². The van der Waals surface area contributed by atoms with E-state index in [4.69, 9.17) is 10.5 Å². The number of benzene rings is 1. The summed E-state index contributed by atoms with van der Waals surface area (Å²) >= 11 is 3.04. The topological polar surface area (TPSA) is 70.1 Å². The van der Waals surface area contributed by atoms with Gasteiger partial charge in [0.25, 0.3) is 0 Å². The molecule has 2 aromatic rings. The van der Waals surface area contributed by atoms with Crippen LogP contribution in [0.1, 0.15) is 17.3 Å². The number of nitrogen functional groups attached to an aromatic ring is 1. The smallest absolute Gasteiger partial charge is 0.341 e. The Kier molecular flexibility index (Phi) is 3.84. The van der Waals surface area contributed by atoms with Crippen LogP contribution in [0.25, 0.3) is 5.69 Å². The predicted molar refractivity (Wildman–Crippen MR) is 71.6 cm³/mol. The lowest BCUT2D eigenvalue weighted by Crippen LogP contribution is -2.04. The van der Waals surface area contributed by atoms with Crippen molar-refractivity contribution in [3.05, 3.63) is 40.4 Å². The summed E-state index contributed by atoms with van der Waals surface area (Å²) < 4.78 is 19.9. The maximum atomic E-state index is 13.5. The van der Waals surface area contributed by atoms with Gasteiger partial charge in [-0.15, -0.1) is 0 Å². The number of aromatic nitrogens is 2. The number of halogens is 2. The van der Waals surface area contributed by atoms with Gasteiger partial charge in [0.15, 0.2) is 0 Å². The fourth-order valence-corrected chi connectivity index (χ4v) is 1.89. The number of carbonyl (C=O) groups is 1. The SMILES string of the molecule is CCOC(=O)c1cnn(-c2cc(F)c(Br)cc2N)c1. The van der Waals surface area contributed by atoms with Crippen LogP contribution in [0.3, 0.4) is 0 Å². The molecule has 1 heterocycles. The number of rotatable bonds is 3. The summed E-state index contributed by atoms with van der Waals surface area (Å²) in [7, 11) is 0. The zero-order valence-corrected chi connectivity index (χ0v) is 11.6. The lowest BCUT2D eigenvalue weighted by Gasteiger charge is -2.06. The molecule has 0 fully saturated rings. The molecule has 0 amide bonds. The minimum atomic E-state index is -0.482. The van der Waals surface area contributed by atoms with E-state index in [0.29, 0.717) is 11.4 Å². The van der Waals surface area contributed by atoms with E-state index >= 15 is 0 Å². The first-order valence-corrected chi connectivity index (χ1v) is 6.29. The van der Waals surface area contributed by atoms with E-state index in [-0.39, 0.29) is 16.6 Å². The Bertz CT molecular complexity index is 627. The number of esters is 1. The molecule has 5 nitrogen and oxygen atoms in total. The van der Waals surface area contributed by atoms with E-state index in [0.717, 1.165) is 0 Å². The van der Waals surface area contributed by atoms with Gasteiger partial charge >= 0.3 is 5.97 Å². The molecule has 0 radical (unpaired) electrons. The van der Waals surface area contributed by atoms with E-state index < -0.39 is 11.8 Å². The monoisotopic (exact) mass is 327 g/mol. The highest BCUT2D eigenvalue weighted by atomic mass is 79.9. The molecule has 0 atom stereocenters. The molecule has 1 aromatic heterocycles. The average molecular weight is 328 g/mol. The molecule has 0 aliphatic heterocycles. The Balaban J connectivity index is 2.38. The van der Waals surface area contributed by atoms with Gasteiger partial charge in [-0.3, -0.25) is 0 Å². The molecular formula is C12H11BrFN3O2. The standard InChI is InChI=1S/C12H11BrFN3O2/c1-2-19-12(18)7-5-16-17(6-7)11-4-9(14)8(13)3-10(11)15/h3-6H,2,15H2,1H3. The van der Waals surface area contributed by atoms with Crippen molar-refractivity contribution in [1.82, 2.24) is 9.78 Å². The van der Waals surface area contributed by atoms with Crippen molar-refractivity contribution in [3.63, 3.8) is 0 Å². The summed E-state index contributed by atoms with van der Waals surface area (Å²) in [6, 6.07) is 2.68. The molecule has 0 aliphatic rings. The third kappa shape index (κ3) is 2.76. The second-order valence-corrected chi connectivity index (χ2v) is 4.57. The Labute approximate surface area is 117 Å². The first-order valence-electron chi connectivity index (χ1n) is 5.49. The normalized spacial score (nSPS) is 10.5. The zero-order chi connectivity index (χ0) is 14.0. The molecule has 2 rings (SSSR count). The molecule has 0 unspecified atom stereocenters. The Morgan fingerprint density at radius 3 is 3.00 bits per heavy atom. The van der Waals surface area contributed by atoms with Crippen molar-refractivity contribution in [3.8, 4) is 5.69 Å². The molecule has 0 spiro atoms. The van der Waals surface area contributed by atoms with Gasteiger partial charge in [-0.25, -0.2) is 13.9 Å². The van der Waals surface area contributed by atoms with Crippen molar-refractivity contribution < 1.29 is 13.9 Å². The first-order chi connectivity index (χ1) is 9.02. The van der Waals surface area contributed by atoms with Crippen molar-refractivity contribution in [2.75, 3.05) is 12.3 Å². The third-order valence-electron chi connectivity index (χ3n) is 2.41. The number of hydrogen-bond donors (Lipinski definition) is 1. The van der Waals surface area contributed by atoms with Crippen LogP contribution in [0.4, 0.5) is 10.1 Å². The van der Waals surface area contributed by atoms with Crippen LogP contribution in [-0.2, 0) is 4.74 Å². The molecule has 100 valence electrons. The molecule has 2 N–H and O–H groups in total. The van der Waals surface area contributed by atoms with E-state index in [1.54, 1.807) is 6.92 Å². The Morgan fingerprint density at radius 1 is 1.58 bits per heavy atom. The van der Waals surface area contributed by atoms with Gasteiger partial charge in [-0.1, -0.05) is 0 Å². The lowest BCUT2D eigenvalue weighted by atomic mass is 10.2. The molecular weight excluding hydrogens is 317 g/mol. The number of hydrogen-bond acceptors (Lipinski definition) is 4. The quantitative estimate of drug-likeness (QED) is 0.694. The molecule has 7 heteroatoms. The highest BCUT2D eigenvalue weighted by molar-refractivity contribution is 9.10. The van der Waals surface area contributed by atoms with Gasteiger partial charge in [0.1, 0.15) is 5.82 Å². The van der Waals surface area contributed by atoms with Gasteiger partial charge < -0.3 is 10.5 Å². The van der Waals surface area contributed by atoms with Crippen LogP contribution >= 0.6 is 15.9 Å². The Hall–Kier alpha value is -1.89. The number of ether oxygens (including phenoxy) is 1. The first kappa shape index (κ1) is 13.5. The fraction of sp³-hybridized carbons (Fsp3) is 0.167. The highest BCUT2D eigenvalue weighted by Gasteiger charge is 2.13. The van der Waals surface area contributed by atoms with Crippen molar-refractivity contribution in [2.24, 2.45) is 0 Å². The van der Waals surface area contributed by atoms with Gasteiger partial charge in [0.05, 0.1) is 34.2 Å². The van der Waals surface area contributed by atoms with Crippen LogP contribution in [0.2, 0.25) is 0 Å². The Morgan fingerprint density at radius 2 is 2.32 bits per heavy atom. The second-order valence-electron chi connectivity index (χ2n) is 3.72.